The molecule has 0 unspecified atom stereocenters. The smallest absolute Gasteiger partial charge is 0.163 e. The lowest BCUT2D eigenvalue weighted by Gasteiger charge is -2.30. The molecule has 1 aliphatic carbocycles. The van der Waals surface area contributed by atoms with Gasteiger partial charge in [-0.2, -0.15) is 0 Å². The first-order valence-electron chi connectivity index (χ1n) is 10.2. The highest BCUT2D eigenvalue weighted by molar-refractivity contribution is 6.01. The standard InChI is InChI=1S/C25H23N3O2/c1-30-23-9-5-2-6-18(23)17-14-21-24(22(29)15-17)25(16-10-12-26-13-11-16)28-20-8-4-3-7-19(20)27-21/h2-13,17,25,27-28H,14-15H2,1H3/t17-,25+/m1/s1. The average Bonchev–Trinajstić information content (AvgIpc) is 2.96. The van der Waals surface area contributed by atoms with Gasteiger partial charge in [-0.15, -0.1) is 0 Å². The van der Waals surface area contributed by atoms with E-state index in [1.54, 1.807) is 19.5 Å². The maximum atomic E-state index is 13.5. The molecule has 3 aromatic rings. The van der Waals surface area contributed by atoms with E-state index in [1.807, 2.05) is 54.6 Å². The summed E-state index contributed by atoms with van der Waals surface area (Å²) in [5.74, 6) is 1.06. The van der Waals surface area contributed by atoms with E-state index in [-0.39, 0.29) is 17.7 Å². The number of methoxy groups -OCH3 is 1. The third kappa shape index (κ3) is 3.22. The van der Waals surface area contributed by atoms with Crippen molar-refractivity contribution < 1.29 is 9.53 Å². The molecule has 2 aliphatic rings. The van der Waals surface area contributed by atoms with Crippen molar-refractivity contribution in [3.8, 4) is 5.75 Å². The molecule has 5 rings (SSSR count). The molecule has 150 valence electrons. The van der Waals surface area contributed by atoms with Crippen LogP contribution in [0.4, 0.5) is 11.4 Å². The number of nitrogens with zero attached hydrogens (tertiary/aromatic N) is 1. The Morgan fingerprint density at radius 2 is 1.67 bits per heavy atom. The predicted octanol–water partition coefficient (Wildman–Crippen LogP) is 5.07. The molecule has 0 saturated carbocycles. The summed E-state index contributed by atoms with van der Waals surface area (Å²) in [7, 11) is 1.68. The Balaban J connectivity index is 1.61. The lowest BCUT2D eigenvalue weighted by Crippen LogP contribution is -2.27. The summed E-state index contributed by atoms with van der Waals surface area (Å²) in [6.07, 6.45) is 4.75. The number of ether oxygens (including phenoxy) is 1. The second-order valence-electron chi connectivity index (χ2n) is 7.69. The van der Waals surface area contributed by atoms with Gasteiger partial charge in [0, 0.05) is 36.0 Å². The number of carbonyl (C=O) groups excluding carboxylic acids is 1. The maximum Gasteiger partial charge on any atom is 0.163 e. The average molecular weight is 397 g/mol. The Hall–Kier alpha value is -3.60. The number of para-hydroxylation sites is 3. The number of carbonyl (C=O) groups is 1. The highest BCUT2D eigenvalue weighted by Crippen LogP contribution is 2.45. The van der Waals surface area contributed by atoms with Crippen LogP contribution in [0.25, 0.3) is 0 Å². The van der Waals surface area contributed by atoms with Crippen LogP contribution in [-0.2, 0) is 4.79 Å². The van der Waals surface area contributed by atoms with E-state index in [1.165, 1.54) is 0 Å². The number of anilines is 2. The van der Waals surface area contributed by atoms with Crippen molar-refractivity contribution in [2.24, 2.45) is 0 Å². The Bertz CT molecular complexity index is 1120. The number of fused-ring (bicyclic) bond motifs is 1. The van der Waals surface area contributed by atoms with Crippen molar-refractivity contribution in [3.63, 3.8) is 0 Å². The van der Waals surface area contributed by atoms with Gasteiger partial charge in [-0.1, -0.05) is 30.3 Å². The number of allylic oxidation sites excluding steroid dienone is 1. The topological polar surface area (TPSA) is 63.2 Å². The molecule has 5 heteroatoms. The second-order valence-corrected chi connectivity index (χ2v) is 7.69. The molecule has 2 aromatic carbocycles. The first kappa shape index (κ1) is 18.4. The van der Waals surface area contributed by atoms with Gasteiger partial charge in [0.25, 0.3) is 0 Å². The largest absolute Gasteiger partial charge is 0.496 e. The molecular formula is C25H23N3O2. The van der Waals surface area contributed by atoms with E-state index in [0.717, 1.165) is 45.9 Å². The zero-order valence-corrected chi connectivity index (χ0v) is 16.8. The molecule has 0 saturated heterocycles. The number of pyridine rings is 1. The van der Waals surface area contributed by atoms with Crippen LogP contribution >= 0.6 is 0 Å². The van der Waals surface area contributed by atoms with Crippen molar-refractivity contribution in [2.45, 2.75) is 24.8 Å². The molecule has 2 N–H and O–H groups in total. The number of ketones is 1. The van der Waals surface area contributed by atoms with Gasteiger partial charge < -0.3 is 15.4 Å². The van der Waals surface area contributed by atoms with Crippen molar-refractivity contribution in [2.75, 3.05) is 17.7 Å². The first-order chi connectivity index (χ1) is 14.7. The Morgan fingerprint density at radius 3 is 2.47 bits per heavy atom. The minimum atomic E-state index is -0.217. The monoisotopic (exact) mass is 397 g/mol. The quantitative estimate of drug-likeness (QED) is 0.646. The van der Waals surface area contributed by atoms with Crippen LogP contribution in [0, 0.1) is 0 Å². The fraction of sp³-hybridized carbons (Fsp3) is 0.200. The number of hydrogen-bond acceptors (Lipinski definition) is 5. The van der Waals surface area contributed by atoms with Crippen molar-refractivity contribution in [1.29, 1.82) is 0 Å². The van der Waals surface area contributed by atoms with Gasteiger partial charge in [-0.3, -0.25) is 9.78 Å². The van der Waals surface area contributed by atoms with Gasteiger partial charge in [-0.05, 0) is 47.9 Å². The van der Waals surface area contributed by atoms with Crippen LogP contribution in [0.15, 0.2) is 84.3 Å². The molecule has 0 amide bonds. The molecule has 30 heavy (non-hydrogen) atoms. The Morgan fingerprint density at radius 1 is 0.933 bits per heavy atom. The number of Topliss-reactive ketones (excluding diaryl/α,β-unsaturated/α-hetero) is 1. The van der Waals surface area contributed by atoms with Gasteiger partial charge in [0.15, 0.2) is 5.78 Å². The Kier molecular flexibility index (Phi) is 4.71. The summed E-state index contributed by atoms with van der Waals surface area (Å²) in [6, 6.07) is 19.8. The lowest BCUT2D eigenvalue weighted by atomic mass is 9.78. The molecule has 0 fully saturated rings. The predicted molar refractivity (Wildman–Crippen MR) is 118 cm³/mol. The second kappa shape index (κ2) is 7.67. The summed E-state index contributed by atoms with van der Waals surface area (Å²) in [6.45, 7) is 0. The zero-order chi connectivity index (χ0) is 20.5. The van der Waals surface area contributed by atoms with Gasteiger partial charge in [0.2, 0.25) is 0 Å². The fourth-order valence-corrected chi connectivity index (χ4v) is 4.52. The zero-order valence-electron chi connectivity index (χ0n) is 16.8. The van der Waals surface area contributed by atoms with Crippen LogP contribution in [0.3, 0.4) is 0 Å². The molecular weight excluding hydrogens is 374 g/mol. The van der Waals surface area contributed by atoms with Gasteiger partial charge in [0.05, 0.1) is 24.5 Å². The van der Waals surface area contributed by atoms with Gasteiger partial charge in [-0.25, -0.2) is 0 Å². The highest BCUT2D eigenvalue weighted by Gasteiger charge is 2.36. The first-order valence-corrected chi connectivity index (χ1v) is 10.2. The summed E-state index contributed by atoms with van der Waals surface area (Å²) >= 11 is 0. The molecule has 0 bridgehead atoms. The van der Waals surface area contributed by atoms with Crippen LogP contribution in [0.1, 0.15) is 35.9 Å². The Labute approximate surface area is 175 Å². The van der Waals surface area contributed by atoms with Crippen molar-refractivity contribution in [1.82, 2.24) is 4.98 Å². The molecule has 5 nitrogen and oxygen atoms in total. The molecule has 0 spiro atoms. The van der Waals surface area contributed by atoms with Crippen LogP contribution in [0.2, 0.25) is 0 Å². The molecule has 2 heterocycles. The van der Waals surface area contributed by atoms with Crippen molar-refractivity contribution >= 4 is 17.2 Å². The third-order valence-corrected chi connectivity index (χ3v) is 5.93. The SMILES string of the molecule is COc1ccccc1[C@H]1CC(=O)C2=C(C1)Nc1ccccc1N[C@H]2c1ccncc1. The highest BCUT2D eigenvalue weighted by atomic mass is 16.5. The van der Waals surface area contributed by atoms with Crippen LogP contribution in [-0.4, -0.2) is 17.9 Å². The number of benzene rings is 2. The van der Waals surface area contributed by atoms with Crippen LogP contribution in [0.5, 0.6) is 5.75 Å². The summed E-state index contributed by atoms with van der Waals surface area (Å²) in [4.78, 5) is 17.6. The van der Waals surface area contributed by atoms with E-state index < -0.39 is 0 Å². The van der Waals surface area contributed by atoms with E-state index in [4.69, 9.17) is 4.74 Å². The molecule has 2 atom stereocenters. The maximum absolute atomic E-state index is 13.5. The minimum Gasteiger partial charge on any atom is -0.496 e. The minimum absolute atomic E-state index is 0.0725. The van der Waals surface area contributed by atoms with Gasteiger partial charge in [0.1, 0.15) is 5.75 Å². The molecule has 1 aliphatic heterocycles. The number of rotatable bonds is 3. The van der Waals surface area contributed by atoms with Gasteiger partial charge >= 0.3 is 0 Å². The summed E-state index contributed by atoms with van der Waals surface area (Å²) < 4.78 is 5.57. The number of aromatic nitrogens is 1. The lowest BCUT2D eigenvalue weighted by molar-refractivity contribution is -0.116. The number of hydrogen-bond donors (Lipinski definition) is 2. The van der Waals surface area contributed by atoms with Crippen molar-refractivity contribution in [3.05, 3.63) is 95.5 Å². The van der Waals surface area contributed by atoms with E-state index in [0.29, 0.717) is 6.42 Å². The summed E-state index contributed by atoms with van der Waals surface area (Å²) in [5.41, 5.74) is 5.85. The third-order valence-electron chi connectivity index (χ3n) is 5.93. The summed E-state index contributed by atoms with van der Waals surface area (Å²) in [5, 5.41) is 7.16. The van der Waals surface area contributed by atoms with E-state index in [9.17, 15) is 4.79 Å². The molecule has 0 radical (unpaired) electrons. The normalized spacial score (nSPS) is 20.4. The van der Waals surface area contributed by atoms with E-state index in [2.05, 4.69) is 21.7 Å². The number of nitrogens with one attached hydrogen (secondary N) is 2. The van der Waals surface area contributed by atoms with Crippen LogP contribution < -0.4 is 15.4 Å². The fourth-order valence-electron chi connectivity index (χ4n) is 4.52. The molecule has 1 aromatic heterocycles. The van der Waals surface area contributed by atoms with E-state index >= 15 is 0 Å².